The fraction of sp³-hybridized carbons (Fsp3) is 0.875. The predicted molar refractivity (Wildman–Crippen MR) is 83.4 cm³/mol. The lowest BCUT2D eigenvalue weighted by atomic mass is 10.2. The van der Waals surface area contributed by atoms with Crippen LogP contribution in [0.3, 0.4) is 0 Å². The van der Waals surface area contributed by atoms with Gasteiger partial charge in [0.1, 0.15) is 0 Å². The molecule has 1 nitrogen and oxygen atoms in total. The molecule has 0 spiro atoms. The highest BCUT2D eigenvalue weighted by Gasteiger charge is 2.41. The molecule has 2 heteroatoms. The van der Waals surface area contributed by atoms with Crippen LogP contribution >= 0.6 is 0 Å². The van der Waals surface area contributed by atoms with E-state index in [0.29, 0.717) is 5.04 Å². The first-order chi connectivity index (χ1) is 8.28. The van der Waals surface area contributed by atoms with Crippen molar-refractivity contribution < 1.29 is 4.43 Å². The molecular formula is C16H32OSi. The molecule has 0 bridgehead atoms. The summed E-state index contributed by atoms with van der Waals surface area (Å²) in [6.45, 7) is 14.9. The van der Waals surface area contributed by atoms with Gasteiger partial charge < -0.3 is 4.43 Å². The van der Waals surface area contributed by atoms with Crippen molar-refractivity contribution >= 4 is 8.32 Å². The lowest BCUT2D eigenvalue weighted by molar-refractivity contribution is 0.268. The minimum Gasteiger partial charge on any atom is -0.417 e. The topological polar surface area (TPSA) is 9.23 Å². The maximum absolute atomic E-state index is 6.28. The van der Waals surface area contributed by atoms with E-state index >= 15 is 0 Å². The Morgan fingerprint density at radius 3 is 2.50 bits per heavy atom. The third kappa shape index (κ3) is 4.89. The van der Waals surface area contributed by atoms with E-state index in [9.17, 15) is 0 Å². The van der Waals surface area contributed by atoms with Gasteiger partial charge in [0, 0.05) is 6.61 Å². The monoisotopic (exact) mass is 268 g/mol. The van der Waals surface area contributed by atoms with E-state index in [4.69, 9.17) is 4.43 Å². The van der Waals surface area contributed by atoms with Crippen LogP contribution < -0.4 is 0 Å². The van der Waals surface area contributed by atoms with Gasteiger partial charge in [-0.2, -0.15) is 0 Å². The molecule has 0 amide bonds. The molecule has 1 aliphatic carbocycles. The van der Waals surface area contributed by atoms with Gasteiger partial charge in [-0.25, -0.2) is 0 Å². The Balaban J connectivity index is 2.22. The smallest absolute Gasteiger partial charge is 0.191 e. The number of allylic oxidation sites excluding steroid dienone is 2. The largest absolute Gasteiger partial charge is 0.417 e. The fourth-order valence-corrected chi connectivity index (χ4v) is 2.89. The van der Waals surface area contributed by atoms with Crippen molar-refractivity contribution in [3.63, 3.8) is 0 Å². The highest BCUT2D eigenvalue weighted by molar-refractivity contribution is 6.74. The Bertz CT molecular complexity index is 275. The zero-order valence-corrected chi connectivity index (χ0v) is 14.3. The third-order valence-electron chi connectivity index (χ3n) is 4.55. The van der Waals surface area contributed by atoms with Crippen LogP contribution in [0.15, 0.2) is 12.2 Å². The summed E-state index contributed by atoms with van der Waals surface area (Å²) in [7, 11) is -1.53. The second-order valence-electron chi connectivity index (χ2n) is 7.30. The highest BCUT2D eigenvalue weighted by atomic mass is 28.4. The summed E-state index contributed by atoms with van der Waals surface area (Å²) in [4.78, 5) is 0. The molecule has 0 aromatic carbocycles. The predicted octanol–water partition coefficient (Wildman–Crippen LogP) is 5.39. The van der Waals surface area contributed by atoms with E-state index in [0.717, 1.165) is 18.4 Å². The third-order valence-corrected chi connectivity index (χ3v) is 9.05. The van der Waals surface area contributed by atoms with Gasteiger partial charge in [0.25, 0.3) is 0 Å². The van der Waals surface area contributed by atoms with Crippen molar-refractivity contribution in [2.75, 3.05) is 6.61 Å². The molecular weight excluding hydrogens is 236 g/mol. The Morgan fingerprint density at radius 2 is 1.94 bits per heavy atom. The van der Waals surface area contributed by atoms with E-state index in [1.165, 1.54) is 25.7 Å². The fourth-order valence-electron chi connectivity index (χ4n) is 1.82. The van der Waals surface area contributed by atoms with Crippen LogP contribution in [-0.2, 0) is 4.43 Å². The normalized spacial score (nSPS) is 24.8. The van der Waals surface area contributed by atoms with Gasteiger partial charge >= 0.3 is 0 Å². The summed E-state index contributed by atoms with van der Waals surface area (Å²) < 4.78 is 6.28. The molecule has 1 fully saturated rings. The summed E-state index contributed by atoms with van der Waals surface area (Å²) in [6, 6.07) is 0. The Hall–Kier alpha value is -0.0831. The molecule has 2 atom stereocenters. The van der Waals surface area contributed by atoms with Gasteiger partial charge in [-0.05, 0) is 42.8 Å². The van der Waals surface area contributed by atoms with E-state index < -0.39 is 8.32 Å². The van der Waals surface area contributed by atoms with Gasteiger partial charge in [0.05, 0.1) is 0 Å². The average molecular weight is 269 g/mol. The zero-order chi connectivity index (χ0) is 13.8. The second kappa shape index (κ2) is 6.38. The lowest BCUT2D eigenvalue weighted by Gasteiger charge is -2.36. The van der Waals surface area contributed by atoms with Gasteiger partial charge in [-0.15, -0.1) is 0 Å². The van der Waals surface area contributed by atoms with Crippen LogP contribution in [-0.4, -0.2) is 14.9 Å². The van der Waals surface area contributed by atoms with E-state index in [1.54, 1.807) is 0 Å². The Kier molecular flexibility index (Phi) is 5.66. The summed E-state index contributed by atoms with van der Waals surface area (Å²) in [5, 5.41) is 0.342. The molecule has 0 aromatic rings. The van der Waals surface area contributed by atoms with Gasteiger partial charge in [0.2, 0.25) is 0 Å². The zero-order valence-electron chi connectivity index (χ0n) is 13.3. The number of unbranched alkanes of at least 4 members (excludes halogenated alkanes) is 2. The molecule has 0 saturated heterocycles. The van der Waals surface area contributed by atoms with Crippen molar-refractivity contribution in [2.24, 2.45) is 11.8 Å². The molecule has 106 valence electrons. The maximum Gasteiger partial charge on any atom is 0.191 e. The highest BCUT2D eigenvalue weighted by Crippen LogP contribution is 2.43. The SMILES string of the molecule is CCCC/C=C/[C@H]1C[C@@H]1CO[Si](C)(C)C(C)(C)C. The molecule has 0 heterocycles. The molecule has 18 heavy (non-hydrogen) atoms. The molecule has 0 radical (unpaired) electrons. The van der Waals surface area contributed by atoms with Crippen molar-refractivity contribution in [1.82, 2.24) is 0 Å². The summed E-state index contributed by atoms with van der Waals surface area (Å²) in [5.41, 5.74) is 0. The second-order valence-corrected chi connectivity index (χ2v) is 12.1. The van der Waals surface area contributed by atoms with E-state index in [2.05, 4.69) is 52.9 Å². The first kappa shape index (κ1) is 16.0. The van der Waals surface area contributed by atoms with Gasteiger partial charge in [-0.1, -0.05) is 52.7 Å². The number of hydrogen-bond donors (Lipinski definition) is 0. The summed E-state index contributed by atoms with van der Waals surface area (Å²) in [6.07, 6.45) is 10.0. The molecule has 0 aromatic heterocycles. The minimum absolute atomic E-state index is 0.342. The van der Waals surface area contributed by atoms with Crippen LogP contribution in [0.2, 0.25) is 18.1 Å². The molecule has 1 saturated carbocycles. The molecule has 0 N–H and O–H groups in total. The van der Waals surface area contributed by atoms with Crippen LogP contribution in [0.5, 0.6) is 0 Å². The van der Waals surface area contributed by atoms with E-state index in [-0.39, 0.29) is 0 Å². The first-order valence-corrected chi connectivity index (χ1v) is 10.5. The molecule has 1 aliphatic rings. The molecule has 0 unspecified atom stereocenters. The van der Waals surface area contributed by atoms with Crippen molar-refractivity contribution in [3.05, 3.63) is 12.2 Å². The van der Waals surface area contributed by atoms with Crippen LogP contribution in [0.1, 0.15) is 53.4 Å². The standard InChI is InChI=1S/C16H32OSi/c1-7-8-9-10-11-14-12-15(14)13-17-18(5,6)16(2,3)4/h10-11,14-15H,7-9,12-13H2,1-6H3/b11-10+/t14-,15+/m0/s1. The van der Waals surface area contributed by atoms with Crippen LogP contribution in [0.25, 0.3) is 0 Å². The van der Waals surface area contributed by atoms with Crippen LogP contribution in [0.4, 0.5) is 0 Å². The van der Waals surface area contributed by atoms with Gasteiger partial charge in [-0.3, -0.25) is 0 Å². The minimum atomic E-state index is -1.53. The lowest BCUT2D eigenvalue weighted by Crippen LogP contribution is -2.41. The van der Waals surface area contributed by atoms with Crippen molar-refractivity contribution in [2.45, 2.75) is 71.5 Å². The summed E-state index contributed by atoms with van der Waals surface area (Å²) >= 11 is 0. The molecule has 1 rings (SSSR count). The van der Waals surface area contributed by atoms with Crippen molar-refractivity contribution in [3.8, 4) is 0 Å². The Labute approximate surface area is 115 Å². The average Bonchev–Trinajstić information content (AvgIpc) is 2.99. The summed E-state index contributed by atoms with van der Waals surface area (Å²) in [5.74, 6) is 1.61. The van der Waals surface area contributed by atoms with Gasteiger partial charge in [0.15, 0.2) is 8.32 Å². The first-order valence-electron chi connectivity index (χ1n) is 7.58. The number of rotatable bonds is 7. The maximum atomic E-state index is 6.28. The number of hydrogen-bond acceptors (Lipinski definition) is 1. The molecule has 0 aliphatic heterocycles. The van der Waals surface area contributed by atoms with Crippen molar-refractivity contribution in [1.29, 1.82) is 0 Å². The van der Waals surface area contributed by atoms with E-state index in [1.807, 2.05) is 0 Å². The Morgan fingerprint density at radius 1 is 1.28 bits per heavy atom. The quantitative estimate of drug-likeness (QED) is 0.342. The van der Waals surface area contributed by atoms with Crippen LogP contribution in [0, 0.1) is 11.8 Å².